The molecule has 1 fully saturated rings. The molecule has 1 aliphatic rings. The summed E-state index contributed by atoms with van der Waals surface area (Å²) in [7, 11) is 0. The first kappa shape index (κ1) is 19.3. The van der Waals surface area contributed by atoms with Crippen molar-refractivity contribution < 1.29 is 14.5 Å². The maximum Gasteiger partial charge on any atom is 0.410 e. The van der Waals surface area contributed by atoms with Gasteiger partial charge in [0, 0.05) is 31.8 Å². The molecule has 2 aromatic rings. The Kier molecular flexibility index (Phi) is 5.50. The standard InChI is InChI=1S/C18H24N4O4S/c1-18(2,3)26-17(23)21-8-4-5-12(11-21)10-19-16-20-14-9-13(22(24)25)6-7-15(14)27-16/h6-7,9,12H,4-5,8,10-11H2,1-3H3,(H,19,20)/t12-/m0/s1. The highest BCUT2D eigenvalue weighted by molar-refractivity contribution is 7.22. The van der Waals surface area contributed by atoms with Gasteiger partial charge in [0.2, 0.25) is 0 Å². The number of benzene rings is 1. The molecule has 1 N–H and O–H groups in total. The molecule has 0 radical (unpaired) electrons. The number of ether oxygens (including phenoxy) is 1. The summed E-state index contributed by atoms with van der Waals surface area (Å²) in [6, 6.07) is 4.70. The van der Waals surface area contributed by atoms with E-state index in [4.69, 9.17) is 4.74 Å². The van der Waals surface area contributed by atoms with Gasteiger partial charge in [0.15, 0.2) is 5.13 Å². The molecule has 1 amide bonds. The van der Waals surface area contributed by atoms with Gasteiger partial charge >= 0.3 is 6.09 Å². The zero-order valence-corrected chi connectivity index (χ0v) is 16.5. The lowest BCUT2D eigenvalue weighted by Crippen LogP contribution is -2.44. The molecule has 3 rings (SSSR count). The van der Waals surface area contributed by atoms with Crippen molar-refractivity contribution in [1.82, 2.24) is 9.88 Å². The zero-order chi connectivity index (χ0) is 19.6. The van der Waals surface area contributed by atoms with Gasteiger partial charge in [-0.3, -0.25) is 10.1 Å². The molecule has 27 heavy (non-hydrogen) atoms. The summed E-state index contributed by atoms with van der Waals surface area (Å²) >= 11 is 1.47. The van der Waals surface area contributed by atoms with Crippen LogP contribution in [-0.2, 0) is 4.74 Å². The van der Waals surface area contributed by atoms with E-state index in [1.54, 1.807) is 11.0 Å². The van der Waals surface area contributed by atoms with Crippen LogP contribution in [0.15, 0.2) is 18.2 Å². The third-order valence-electron chi connectivity index (χ3n) is 4.29. The molecule has 1 atom stereocenters. The monoisotopic (exact) mass is 392 g/mol. The average molecular weight is 392 g/mol. The first-order valence-corrected chi connectivity index (χ1v) is 9.80. The van der Waals surface area contributed by atoms with Gasteiger partial charge in [0.1, 0.15) is 5.60 Å². The first-order valence-electron chi connectivity index (χ1n) is 8.98. The molecule has 1 aliphatic heterocycles. The van der Waals surface area contributed by atoms with Crippen molar-refractivity contribution in [1.29, 1.82) is 0 Å². The molecule has 0 bridgehead atoms. The number of thiazole rings is 1. The molecule has 8 nitrogen and oxygen atoms in total. The number of nitro benzene ring substituents is 1. The number of aromatic nitrogens is 1. The summed E-state index contributed by atoms with van der Waals surface area (Å²) in [6.45, 7) is 7.66. The molecule has 9 heteroatoms. The van der Waals surface area contributed by atoms with Crippen LogP contribution in [0.4, 0.5) is 15.6 Å². The Bertz CT molecular complexity index is 845. The predicted molar refractivity (Wildman–Crippen MR) is 105 cm³/mol. The number of carbonyl (C=O) groups excluding carboxylic acids is 1. The Hall–Kier alpha value is -2.42. The Labute approximate surface area is 161 Å². The summed E-state index contributed by atoms with van der Waals surface area (Å²) in [4.78, 5) is 28.9. The number of anilines is 1. The maximum absolute atomic E-state index is 12.3. The van der Waals surface area contributed by atoms with Crippen LogP contribution in [-0.4, -0.2) is 46.1 Å². The fourth-order valence-corrected chi connectivity index (χ4v) is 3.91. The van der Waals surface area contributed by atoms with Crippen LogP contribution in [0.25, 0.3) is 10.2 Å². The van der Waals surface area contributed by atoms with Gasteiger partial charge in [-0.2, -0.15) is 0 Å². The Morgan fingerprint density at radius 1 is 1.48 bits per heavy atom. The SMILES string of the molecule is CC(C)(C)OC(=O)N1CCC[C@@H](CNc2nc3cc([N+](=O)[O-])ccc3s2)C1. The van der Waals surface area contributed by atoms with Crippen LogP contribution in [0, 0.1) is 16.0 Å². The number of likely N-dealkylation sites (tertiary alicyclic amines) is 1. The quantitative estimate of drug-likeness (QED) is 0.616. The van der Waals surface area contributed by atoms with Crippen LogP contribution in [0.3, 0.4) is 0 Å². The minimum Gasteiger partial charge on any atom is -0.444 e. The number of hydrogen-bond donors (Lipinski definition) is 1. The van der Waals surface area contributed by atoms with Gasteiger partial charge in [-0.15, -0.1) is 0 Å². The van der Waals surface area contributed by atoms with Crippen molar-refractivity contribution in [3.05, 3.63) is 28.3 Å². The van der Waals surface area contributed by atoms with E-state index in [1.165, 1.54) is 23.5 Å². The smallest absolute Gasteiger partial charge is 0.410 e. The second-order valence-corrected chi connectivity index (χ2v) is 8.77. The van der Waals surface area contributed by atoms with Gasteiger partial charge in [0.05, 0.1) is 15.1 Å². The Morgan fingerprint density at radius 3 is 2.96 bits per heavy atom. The van der Waals surface area contributed by atoms with E-state index in [0.717, 1.165) is 29.2 Å². The highest BCUT2D eigenvalue weighted by Crippen LogP contribution is 2.29. The van der Waals surface area contributed by atoms with Crippen molar-refractivity contribution in [2.45, 2.75) is 39.2 Å². The Balaban J connectivity index is 1.58. The van der Waals surface area contributed by atoms with Gasteiger partial charge < -0.3 is 15.0 Å². The molecular weight excluding hydrogens is 368 g/mol. The van der Waals surface area contributed by atoms with E-state index in [-0.39, 0.29) is 11.8 Å². The fourth-order valence-electron chi connectivity index (χ4n) is 3.06. The van der Waals surface area contributed by atoms with Crippen molar-refractivity contribution in [3.63, 3.8) is 0 Å². The van der Waals surface area contributed by atoms with Crippen LogP contribution in [0.1, 0.15) is 33.6 Å². The normalized spacial score (nSPS) is 17.7. The average Bonchev–Trinajstić information content (AvgIpc) is 3.00. The van der Waals surface area contributed by atoms with Crippen LogP contribution >= 0.6 is 11.3 Å². The minimum absolute atomic E-state index is 0.0413. The molecule has 0 aliphatic carbocycles. The topological polar surface area (TPSA) is 97.6 Å². The van der Waals surface area contributed by atoms with E-state index in [9.17, 15) is 14.9 Å². The minimum atomic E-state index is -0.494. The van der Waals surface area contributed by atoms with E-state index in [1.807, 2.05) is 20.8 Å². The fraction of sp³-hybridized carbons (Fsp3) is 0.556. The number of nitro groups is 1. The van der Waals surface area contributed by atoms with Gasteiger partial charge in [0.25, 0.3) is 5.69 Å². The molecule has 1 aromatic heterocycles. The summed E-state index contributed by atoms with van der Waals surface area (Å²) in [5, 5.41) is 14.9. The number of fused-ring (bicyclic) bond motifs is 1. The van der Waals surface area contributed by atoms with Gasteiger partial charge in [-0.25, -0.2) is 9.78 Å². The second-order valence-electron chi connectivity index (χ2n) is 7.74. The lowest BCUT2D eigenvalue weighted by molar-refractivity contribution is -0.384. The molecule has 146 valence electrons. The largest absolute Gasteiger partial charge is 0.444 e. The van der Waals surface area contributed by atoms with Crippen LogP contribution in [0.2, 0.25) is 0 Å². The number of rotatable bonds is 4. The summed E-state index contributed by atoms with van der Waals surface area (Å²) < 4.78 is 6.36. The summed E-state index contributed by atoms with van der Waals surface area (Å²) in [5.74, 6) is 0.313. The van der Waals surface area contributed by atoms with Crippen molar-refractivity contribution in [2.75, 3.05) is 25.0 Å². The first-order chi connectivity index (χ1) is 12.7. The molecule has 0 saturated carbocycles. The third-order valence-corrected chi connectivity index (χ3v) is 5.29. The summed E-state index contributed by atoms with van der Waals surface area (Å²) in [6.07, 6.45) is 1.71. The Morgan fingerprint density at radius 2 is 2.26 bits per heavy atom. The van der Waals surface area contributed by atoms with Gasteiger partial charge in [-0.05, 0) is 45.6 Å². The third kappa shape index (κ3) is 5.06. The molecule has 0 spiro atoms. The van der Waals surface area contributed by atoms with E-state index < -0.39 is 10.5 Å². The molecule has 0 unspecified atom stereocenters. The molecule has 2 heterocycles. The van der Waals surface area contributed by atoms with Crippen molar-refractivity contribution in [2.24, 2.45) is 5.92 Å². The number of carbonyl (C=O) groups is 1. The van der Waals surface area contributed by atoms with Gasteiger partial charge in [-0.1, -0.05) is 11.3 Å². The number of amides is 1. The predicted octanol–water partition coefficient (Wildman–Crippen LogP) is 4.26. The highest BCUT2D eigenvalue weighted by Gasteiger charge is 2.27. The number of non-ortho nitro benzene ring substituents is 1. The van der Waals surface area contributed by atoms with E-state index >= 15 is 0 Å². The highest BCUT2D eigenvalue weighted by atomic mass is 32.1. The maximum atomic E-state index is 12.3. The molecular formula is C18H24N4O4S. The number of piperidine rings is 1. The zero-order valence-electron chi connectivity index (χ0n) is 15.7. The van der Waals surface area contributed by atoms with E-state index in [0.29, 0.717) is 24.5 Å². The van der Waals surface area contributed by atoms with Crippen LogP contribution in [0.5, 0.6) is 0 Å². The van der Waals surface area contributed by atoms with Crippen LogP contribution < -0.4 is 5.32 Å². The number of nitrogens with zero attached hydrogens (tertiary/aromatic N) is 3. The molecule has 1 saturated heterocycles. The van der Waals surface area contributed by atoms with Crippen molar-refractivity contribution >= 4 is 38.5 Å². The van der Waals surface area contributed by atoms with E-state index in [2.05, 4.69) is 10.3 Å². The van der Waals surface area contributed by atoms with Crippen molar-refractivity contribution in [3.8, 4) is 0 Å². The summed E-state index contributed by atoms with van der Waals surface area (Å²) in [5.41, 5.74) is 0.168. The number of hydrogen-bond acceptors (Lipinski definition) is 7. The molecule has 1 aromatic carbocycles. The second kappa shape index (κ2) is 7.67. The number of nitrogens with one attached hydrogen (secondary N) is 1. The lowest BCUT2D eigenvalue weighted by Gasteiger charge is -2.34. The lowest BCUT2D eigenvalue weighted by atomic mass is 9.98.